The highest BCUT2D eigenvalue weighted by Crippen LogP contribution is 2.06. The van der Waals surface area contributed by atoms with Crippen LogP contribution in [0.4, 0.5) is 5.82 Å². The van der Waals surface area contributed by atoms with E-state index >= 15 is 0 Å². The highest BCUT2D eigenvalue weighted by molar-refractivity contribution is 5.32. The molecule has 0 saturated heterocycles. The van der Waals surface area contributed by atoms with Gasteiger partial charge in [0.25, 0.3) is 0 Å². The average molecular weight is 193 g/mol. The molecular weight excluding hydrogens is 174 g/mol. The van der Waals surface area contributed by atoms with E-state index in [0.29, 0.717) is 5.92 Å². The van der Waals surface area contributed by atoms with E-state index in [1.165, 1.54) is 0 Å². The Morgan fingerprint density at radius 2 is 2.07 bits per heavy atom. The third kappa shape index (κ3) is 3.73. The number of aromatic nitrogens is 2. The molecule has 0 spiro atoms. The van der Waals surface area contributed by atoms with Gasteiger partial charge in [0.15, 0.2) is 0 Å². The van der Waals surface area contributed by atoms with E-state index in [-0.39, 0.29) is 0 Å². The van der Waals surface area contributed by atoms with Crippen molar-refractivity contribution in [3.63, 3.8) is 0 Å². The van der Waals surface area contributed by atoms with Gasteiger partial charge in [0, 0.05) is 6.54 Å². The van der Waals surface area contributed by atoms with Crippen LogP contribution in [0.25, 0.3) is 0 Å². The summed E-state index contributed by atoms with van der Waals surface area (Å²) in [6.45, 7) is 7.46. The molecule has 0 aliphatic heterocycles. The lowest BCUT2D eigenvalue weighted by Crippen LogP contribution is -2.05. The Morgan fingerprint density at radius 1 is 1.29 bits per heavy atom. The Labute approximate surface area is 85.9 Å². The molecule has 1 N–H and O–H groups in total. The van der Waals surface area contributed by atoms with Crippen LogP contribution >= 0.6 is 0 Å². The predicted molar refractivity (Wildman–Crippen MR) is 59.4 cm³/mol. The van der Waals surface area contributed by atoms with Crippen molar-refractivity contribution in [1.29, 1.82) is 0 Å². The highest BCUT2D eigenvalue weighted by Gasteiger charge is 2.00. The zero-order valence-corrected chi connectivity index (χ0v) is 9.25. The highest BCUT2D eigenvalue weighted by atomic mass is 15.2. The quantitative estimate of drug-likeness (QED) is 0.780. The van der Waals surface area contributed by atoms with Gasteiger partial charge in [-0.3, -0.25) is 0 Å². The first-order valence-electron chi connectivity index (χ1n) is 5.29. The van der Waals surface area contributed by atoms with Gasteiger partial charge in [-0.1, -0.05) is 20.8 Å². The van der Waals surface area contributed by atoms with Crippen molar-refractivity contribution in [2.24, 2.45) is 5.92 Å². The Hall–Kier alpha value is -1.12. The maximum atomic E-state index is 4.16. The fraction of sp³-hybridized carbons (Fsp3) is 0.636. The molecule has 0 saturated carbocycles. The van der Waals surface area contributed by atoms with Gasteiger partial charge in [0.1, 0.15) is 5.82 Å². The third-order valence-corrected chi connectivity index (χ3v) is 1.89. The van der Waals surface area contributed by atoms with Gasteiger partial charge in [0.05, 0.1) is 5.69 Å². The Balaban J connectivity index is 2.50. The Bertz CT molecular complexity index is 254. The smallest absolute Gasteiger partial charge is 0.148 e. The first-order chi connectivity index (χ1) is 6.72. The van der Waals surface area contributed by atoms with E-state index in [4.69, 9.17) is 0 Å². The van der Waals surface area contributed by atoms with Gasteiger partial charge in [-0.15, -0.1) is 5.10 Å². The lowest BCUT2D eigenvalue weighted by atomic mass is 10.1. The van der Waals surface area contributed by atoms with E-state index in [9.17, 15) is 0 Å². The molecule has 0 radical (unpaired) electrons. The van der Waals surface area contributed by atoms with Crippen molar-refractivity contribution in [1.82, 2.24) is 10.2 Å². The summed E-state index contributed by atoms with van der Waals surface area (Å²) in [6, 6.07) is 4.05. The van der Waals surface area contributed by atoms with Crippen LogP contribution in [0, 0.1) is 5.92 Å². The number of hydrogen-bond acceptors (Lipinski definition) is 3. The van der Waals surface area contributed by atoms with E-state index < -0.39 is 0 Å². The SMILES string of the molecule is CCCNc1ccc(CC(C)C)nn1. The van der Waals surface area contributed by atoms with Gasteiger partial charge in [-0.05, 0) is 30.9 Å². The van der Waals surface area contributed by atoms with Crippen molar-refractivity contribution in [2.45, 2.75) is 33.6 Å². The van der Waals surface area contributed by atoms with E-state index in [0.717, 1.165) is 30.9 Å². The molecule has 0 amide bonds. The van der Waals surface area contributed by atoms with Gasteiger partial charge >= 0.3 is 0 Å². The van der Waals surface area contributed by atoms with Crippen LogP contribution in [0.3, 0.4) is 0 Å². The molecule has 0 bridgehead atoms. The van der Waals surface area contributed by atoms with Gasteiger partial charge < -0.3 is 5.32 Å². The molecule has 0 fully saturated rings. The molecule has 0 aliphatic rings. The maximum absolute atomic E-state index is 4.16. The fourth-order valence-electron chi connectivity index (χ4n) is 1.23. The maximum Gasteiger partial charge on any atom is 0.148 e. The molecule has 14 heavy (non-hydrogen) atoms. The molecule has 78 valence electrons. The van der Waals surface area contributed by atoms with Gasteiger partial charge in [0.2, 0.25) is 0 Å². The van der Waals surface area contributed by atoms with E-state index in [2.05, 4.69) is 36.3 Å². The van der Waals surface area contributed by atoms with Gasteiger partial charge in [-0.2, -0.15) is 5.10 Å². The molecule has 1 heterocycles. The van der Waals surface area contributed by atoms with Crippen LogP contribution in [-0.4, -0.2) is 16.7 Å². The summed E-state index contributed by atoms with van der Waals surface area (Å²) in [6.07, 6.45) is 2.11. The number of rotatable bonds is 5. The second kappa shape index (κ2) is 5.58. The monoisotopic (exact) mass is 193 g/mol. The molecule has 3 heteroatoms. The van der Waals surface area contributed by atoms with Crippen LogP contribution in [-0.2, 0) is 6.42 Å². The second-order valence-corrected chi connectivity index (χ2v) is 3.93. The molecule has 1 aromatic heterocycles. The summed E-state index contributed by atoms with van der Waals surface area (Å²) < 4.78 is 0. The minimum atomic E-state index is 0.638. The number of nitrogens with one attached hydrogen (secondary N) is 1. The molecule has 1 rings (SSSR count). The molecule has 0 aromatic carbocycles. The fourth-order valence-corrected chi connectivity index (χ4v) is 1.23. The summed E-state index contributed by atoms with van der Waals surface area (Å²) in [7, 11) is 0. The standard InChI is InChI=1S/C11H19N3/c1-4-7-12-11-6-5-10(13-14-11)8-9(2)3/h5-6,9H,4,7-8H2,1-3H3,(H,12,14). The van der Waals surface area contributed by atoms with Crippen molar-refractivity contribution >= 4 is 5.82 Å². The number of nitrogens with zero attached hydrogens (tertiary/aromatic N) is 2. The third-order valence-electron chi connectivity index (χ3n) is 1.89. The summed E-state index contributed by atoms with van der Waals surface area (Å²) in [5.74, 6) is 1.51. The molecule has 1 aromatic rings. The molecular formula is C11H19N3. The zero-order chi connectivity index (χ0) is 10.4. The summed E-state index contributed by atoms with van der Waals surface area (Å²) in [4.78, 5) is 0. The first kappa shape index (κ1) is 11.0. The number of hydrogen-bond donors (Lipinski definition) is 1. The largest absolute Gasteiger partial charge is 0.369 e. The molecule has 0 unspecified atom stereocenters. The average Bonchev–Trinajstić information content (AvgIpc) is 2.16. The predicted octanol–water partition coefficient (Wildman–Crippen LogP) is 2.50. The topological polar surface area (TPSA) is 37.8 Å². The lowest BCUT2D eigenvalue weighted by Gasteiger charge is -2.05. The van der Waals surface area contributed by atoms with Crippen LogP contribution in [0.5, 0.6) is 0 Å². The summed E-state index contributed by atoms with van der Waals surface area (Å²) in [5, 5.41) is 11.5. The number of anilines is 1. The van der Waals surface area contributed by atoms with E-state index in [1.807, 2.05) is 12.1 Å². The minimum Gasteiger partial charge on any atom is -0.369 e. The van der Waals surface area contributed by atoms with Crippen LogP contribution < -0.4 is 5.32 Å². The van der Waals surface area contributed by atoms with Crippen LogP contribution in [0.1, 0.15) is 32.9 Å². The van der Waals surface area contributed by atoms with Crippen molar-refractivity contribution in [2.75, 3.05) is 11.9 Å². The van der Waals surface area contributed by atoms with Crippen molar-refractivity contribution in [3.8, 4) is 0 Å². The van der Waals surface area contributed by atoms with Crippen LogP contribution in [0.15, 0.2) is 12.1 Å². The van der Waals surface area contributed by atoms with Crippen molar-refractivity contribution < 1.29 is 0 Å². The first-order valence-corrected chi connectivity index (χ1v) is 5.29. The van der Waals surface area contributed by atoms with Crippen molar-refractivity contribution in [3.05, 3.63) is 17.8 Å². The van der Waals surface area contributed by atoms with Crippen LogP contribution in [0.2, 0.25) is 0 Å². The normalized spacial score (nSPS) is 10.6. The molecule has 0 atom stereocenters. The lowest BCUT2D eigenvalue weighted by molar-refractivity contribution is 0.628. The zero-order valence-electron chi connectivity index (χ0n) is 9.25. The summed E-state index contributed by atoms with van der Waals surface area (Å²) in [5.41, 5.74) is 1.07. The Kier molecular flexibility index (Phi) is 4.36. The molecule has 0 aliphatic carbocycles. The molecule has 3 nitrogen and oxygen atoms in total. The second-order valence-electron chi connectivity index (χ2n) is 3.93. The summed E-state index contributed by atoms with van der Waals surface area (Å²) >= 11 is 0. The van der Waals surface area contributed by atoms with E-state index in [1.54, 1.807) is 0 Å². The Morgan fingerprint density at radius 3 is 2.57 bits per heavy atom. The van der Waals surface area contributed by atoms with Gasteiger partial charge in [-0.25, -0.2) is 0 Å². The minimum absolute atomic E-state index is 0.638.